The minimum Gasteiger partial charge on any atom is -0.494 e. The van der Waals surface area contributed by atoms with Crippen molar-refractivity contribution >= 4 is 23.3 Å². The number of ether oxygens (including phenoxy) is 2. The van der Waals surface area contributed by atoms with Gasteiger partial charge >= 0.3 is 6.03 Å². The van der Waals surface area contributed by atoms with Gasteiger partial charge in [0.15, 0.2) is 0 Å². The number of hydrogen-bond donors (Lipinski definition) is 1. The molecule has 0 aliphatic carbocycles. The average Bonchev–Trinajstić information content (AvgIpc) is 3.34. The molecule has 5 rings (SSSR count). The molecule has 1 saturated heterocycles. The number of anilines is 2. The molecule has 0 spiro atoms. The first kappa shape index (κ1) is 22.9. The Morgan fingerprint density at radius 1 is 0.914 bits per heavy atom. The Morgan fingerprint density at radius 3 is 2.34 bits per heavy atom. The van der Waals surface area contributed by atoms with Gasteiger partial charge in [-0.05, 0) is 78.6 Å². The smallest absolute Gasteiger partial charge is 0.326 e. The number of carbonyl (C=O) groups is 2. The van der Waals surface area contributed by atoms with E-state index in [1.54, 1.807) is 4.90 Å². The van der Waals surface area contributed by atoms with Gasteiger partial charge in [0.05, 0.1) is 19.8 Å². The minimum absolute atomic E-state index is 0.0444. The maximum Gasteiger partial charge on any atom is 0.326 e. The van der Waals surface area contributed by atoms with Gasteiger partial charge in [-0.3, -0.25) is 9.69 Å². The van der Waals surface area contributed by atoms with E-state index in [1.165, 1.54) is 0 Å². The fourth-order valence-electron chi connectivity index (χ4n) is 4.54. The second kappa shape index (κ2) is 10.2. The highest BCUT2D eigenvalue weighted by atomic mass is 16.5. The van der Waals surface area contributed by atoms with Crippen LogP contribution in [0.25, 0.3) is 11.1 Å². The molecule has 1 N–H and O–H groups in total. The van der Waals surface area contributed by atoms with Gasteiger partial charge in [0.25, 0.3) is 5.91 Å². The van der Waals surface area contributed by atoms with Crippen LogP contribution in [0.1, 0.15) is 22.8 Å². The van der Waals surface area contributed by atoms with Crippen molar-refractivity contribution in [1.29, 1.82) is 0 Å². The molecule has 35 heavy (non-hydrogen) atoms. The number of amides is 3. The number of urea groups is 1. The maximum absolute atomic E-state index is 12.9. The van der Waals surface area contributed by atoms with Crippen LogP contribution in [0.5, 0.6) is 5.75 Å². The number of hydrogen-bond acceptors (Lipinski definition) is 4. The van der Waals surface area contributed by atoms with Crippen LogP contribution in [-0.2, 0) is 11.2 Å². The fourth-order valence-corrected chi connectivity index (χ4v) is 4.54. The number of rotatable bonds is 5. The van der Waals surface area contributed by atoms with Crippen LogP contribution in [0.15, 0.2) is 66.7 Å². The lowest BCUT2D eigenvalue weighted by Crippen LogP contribution is -2.40. The van der Waals surface area contributed by atoms with Gasteiger partial charge < -0.3 is 19.7 Å². The Labute approximate surface area is 205 Å². The van der Waals surface area contributed by atoms with Crippen LogP contribution >= 0.6 is 0 Å². The molecule has 0 aromatic heterocycles. The molecule has 180 valence electrons. The van der Waals surface area contributed by atoms with Crippen LogP contribution < -0.4 is 15.0 Å². The van der Waals surface area contributed by atoms with E-state index in [2.05, 4.69) is 11.4 Å². The summed E-state index contributed by atoms with van der Waals surface area (Å²) in [7, 11) is 0. The first-order valence-corrected chi connectivity index (χ1v) is 12.0. The van der Waals surface area contributed by atoms with Crippen molar-refractivity contribution in [3.05, 3.63) is 77.9 Å². The summed E-state index contributed by atoms with van der Waals surface area (Å²) in [5.74, 6) is 0.825. The molecule has 2 heterocycles. The topological polar surface area (TPSA) is 71.1 Å². The van der Waals surface area contributed by atoms with E-state index in [0.717, 1.165) is 40.2 Å². The highest BCUT2D eigenvalue weighted by molar-refractivity contribution is 6.03. The SMILES string of the molecule is CCOc1ccc(NC(=O)N2CCc3cc(-c4ccc(C(=O)N5CCOCC5)cc4)ccc32)cc1. The number of morpholine rings is 1. The first-order chi connectivity index (χ1) is 17.1. The highest BCUT2D eigenvalue weighted by Crippen LogP contribution is 2.33. The summed E-state index contributed by atoms with van der Waals surface area (Å²) in [5.41, 5.74) is 5.60. The largest absolute Gasteiger partial charge is 0.494 e. The molecule has 0 bridgehead atoms. The quantitative estimate of drug-likeness (QED) is 0.579. The van der Waals surface area contributed by atoms with Crippen molar-refractivity contribution < 1.29 is 19.1 Å². The van der Waals surface area contributed by atoms with Gasteiger partial charge in [0.2, 0.25) is 0 Å². The number of fused-ring (bicyclic) bond motifs is 1. The standard InChI is InChI=1S/C28H29N3O4/c1-2-35-25-10-8-24(9-11-25)29-28(33)31-14-13-23-19-22(7-12-26(23)31)20-3-5-21(6-4-20)27(32)30-15-17-34-18-16-30/h3-12,19H,2,13-18H2,1H3,(H,29,33). The van der Waals surface area contributed by atoms with Gasteiger partial charge in [0.1, 0.15) is 5.75 Å². The zero-order chi connectivity index (χ0) is 24.2. The first-order valence-electron chi connectivity index (χ1n) is 12.0. The third-order valence-corrected chi connectivity index (χ3v) is 6.40. The molecule has 0 unspecified atom stereocenters. The summed E-state index contributed by atoms with van der Waals surface area (Å²) in [6.45, 7) is 5.63. The lowest BCUT2D eigenvalue weighted by atomic mass is 10.0. The van der Waals surface area contributed by atoms with E-state index in [1.807, 2.05) is 72.5 Å². The van der Waals surface area contributed by atoms with Crippen LogP contribution in [0, 0.1) is 0 Å². The maximum atomic E-state index is 12.9. The third-order valence-electron chi connectivity index (χ3n) is 6.40. The molecule has 0 atom stereocenters. The van der Waals surface area contributed by atoms with E-state index >= 15 is 0 Å². The van der Waals surface area contributed by atoms with Crippen molar-refractivity contribution in [2.24, 2.45) is 0 Å². The van der Waals surface area contributed by atoms with Crippen molar-refractivity contribution in [3.63, 3.8) is 0 Å². The van der Waals surface area contributed by atoms with Crippen LogP contribution in [0.3, 0.4) is 0 Å². The number of nitrogens with one attached hydrogen (secondary N) is 1. The van der Waals surface area contributed by atoms with Gasteiger partial charge in [0, 0.05) is 36.6 Å². The molecule has 0 radical (unpaired) electrons. The third kappa shape index (κ3) is 5.00. The predicted octanol–water partition coefficient (Wildman–Crippen LogP) is 4.82. The van der Waals surface area contributed by atoms with Gasteiger partial charge in [-0.2, -0.15) is 0 Å². The zero-order valence-corrected chi connectivity index (χ0v) is 19.8. The van der Waals surface area contributed by atoms with E-state index in [4.69, 9.17) is 9.47 Å². The average molecular weight is 472 g/mol. The highest BCUT2D eigenvalue weighted by Gasteiger charge is 2.25. The number of benzene rings is 3. The van der Waals surface area contributed by atoms with E-state index in [9.17, 15) is 9.59 Å². The molecule has 2 aliphatic rings. The zero-order valence-electron chi connectivity index (χ0n) is 19.8. The fraction of sp³-hybridized carbons (Fsp3) is 0.286. The molecule has 3 aromatic carbocycles. The Balaban J connectivity index is 1.26. The summed E-state index contributed by atoms with van der Waals surface area (Å²) in [4.78, 5) is 29.2. The van der Waals surface area contributed by atoms with Crippen molar-refractivity contribution in [1.82, 2.24) is 4.90 Å². The van der Waals surface area contributed by atoms with Crippen LogP contribution in [-0.4, -0.2) is 56.3 Å². The molecule has 2 aliphatic heterocycles. The second-order valence-electron chi connectivity index (χ2n) is 8.61. The van der Waals surface area contributed by atoms with Crippen molar-refractivity contribution in [2.45, 2.75) is 13.3 Å². The van der Waals surface area contributed by atoms with Crippen molar-refractivity contribution in [2.75, 3.05) is 49.7 Å². The van der Waals surface area contributed by atoms with E-state index in [0.29, 0.717) is 45.0 Å². The Kier molecular flexibility index (Phi) is 6.68. The summed E-state index contributed by atoms with van der Waals surface area (Å²) >= 11 is 0. The summed E-state index contributed by atoms with van der Waals surface area (Å²) in [6.07, 6.45) is 0.799. The molecule has 7 nitrogen and oxygen atoms in total. The monoisotopic (exact) mass is 471 g/mol. The van der Waals surface area contributed by atoms with Crippen LogP contribution in [0.4, 0.5) is 16.2 Å². The van der Waals surface area contributed by atoms with Crippen molar-refractivity contribution in [3.8, 4) is 16.9 Å². The van der Waals surface area contributed by atoms with Gasteiger partial charge in [-0.1, -0.05) is 18.2 Å². The molecule has 0 saturated carbocycles. The van der Waals surface area contributed by atoms with E-state index in [-0.39, 0.29) is 11.9 Å². The molecule has 1 fully saturated rings. The lowest BCUT2D eigenvalue weighted by Gasteiger charge is -2.26. The van der Waals surface area contributed by atoms with Gasteiger partial charge in [-0.25, -0.2) is 4.79 Å². The lowest BCUT2D eigenvalue weighted by molar-refractivity contribution is 0.0303. The Bertz CT molecular complexity index is 1200. The Hall–Kier alpha value is -3.84. The minimum atomic E-state index is -0.147. The molecule has 3 amide bonds. The number of carbonyl (C=O) groups excluding carboxylic acids is 2. The molecule has 3 aromatic rings. The summed E-state index contributed by atoms with van der Waals surface area (Å²) in [6, 6.07) is 21.2. The van der Waals surface area contributed by atoms with E-state index < -0.39 is 0 Å². The second-order valence-corrected chi connectivity index (χ2v) is 8.61. The predicted molar refractivity (Wildman–Crippen MR) is 136 cm³/mol. The summed E-state index contributed by atoms with van der Waals surface area (Å²) < 4.78 is 10.8. The normalized spacial score (nSPS) is 15.0. The molecule has 7 heteroatoms. The Morgan fingerprint density at radius 2 is 1.63 bits per heavy atom. The summed E-state index contributed by atoms with van der Waals surface area (Å²) in [5, 5.41) is 2.97. The molecular formula is C28H29N3O4. The number of nitrogens with zero attached hydrogens (tertiary/aromatic N) is 2. The van der Waals surface area contributed by atoms with Crippen LogP contribution in [0.2, 0.25) is 0 Å². The molecular weight excluding hydrogens is 442 g/mol. The van der Waals surface area contributed by atoms with Gasteiger partial charge in [-0.15, -0.1) is 0 Å².